The summed E-state index contributed by atoms with van der Waals surface area (Å²) in [4.78, 5) is 29.7. The molecule has 0 bridgehead atoms. The van der Waals surface area contributed by atoms with E-state index in [-0.39, 0.29) is 11.4 Å². The van der Waals surface area contributed by atoms with Crippen molar-refractivity contribution in [3.05, 3.63) is 56.5 Å². The molecule has 0 N–H and O–H groups in total. The van der Waals surface area contributed by atoms with Crippen LogP contribution in [0, 0.1) is 5.82 Å². The van der Waals surface area contributed by atoms with Crippen molar-refractivity contribution in [2.45, 2.75) is 44.3 Å². The number of rotatable bonds is 8. The summed E-state index contributed by atoms with van der Waals surface area (Å²) >= 11 is 1.59. The Hall–Kier alpha value is -2.35. The lowest BCUT2D eigenvalue weighted by Crippen LogP contribution is -2.37. The zero-order valence-electron chi connectivity index (χ0n) is 16.4. The van der Waals surface area contributed by atoms with E-state index < -0.39 is 5.69 Å². The minimum Gasteiger partial charge on any atom is -0.309 e. The fourth-order valence-corrected chi connectivity index (χ4v) is 4.14. The van der Waals surface area contributed by atoms with E-state index in [1.165, 1.54) is 36.6 Å². The number of aromatic nitrogens is 4. The molecular formula is C20H25FN4O2S. The van der Waals surface area contributed by atoms with Crippen LogP contribution in [-0.2, 0) is 20.6 Å². The third-order valence-electron chi connectivity index (χ3n) is 4.80. The monoisotopic (exact) mass is 404 g/mol. The molecule has 3 aromatic rings. The number of fused-ring (bicyclic) bond motifs is 1. The van der Waals surface area contributed by atoms with Crippen LogP contribution in [0.25, 0.3) is 11.2 Å². The van der Waals surface area contributed by atoms with Gasteiger partial charge in [-0.05, 0) is 24.1 Å². The number of halogens is 1. The van der Waals surface area contributed by atoms with Crippen molar-refractivity contribution in [3.63, 3.8) is 0 Å². The summed E-state index contributed by atoms with van der Waals surface area (Å²) in [5.74, 6) is 0.587. The fourth-order valence-electron chi connectivity index (χ4n) is 3.15. The van der Waals surface area contributed by atoms with Gasteiger partial charge in [0.2, 0.25) is 0 Å². The van der Waals surface area contributed by atoms with Crippen LogP contribution in [0.15, 0.2) is 39.0 Å². The smallest absolute Gasteiger partial charge is 0.309 e. The molecule has 3 rings (SSSR count). The highest BCUT2D eigenvalue weighted by molar-refractivity contribution is 7.99. The molecule has 2 heterocycles. The summed E-state index contributed by atoms with van der Waals surface area (Å²) < 4.78 is 17.6. The second-order valence-electron chi connectivity index (χ2n) is 6.89. The number of thioether (sulfide) groups is 1. The van der Waals surface area contributed by atoms with E-state index in [1.54, 1.807) is 30.9 Å². The second kappa shape index (κ2) is 8.77. The minimum absolute atomic E-state index is 0.303. The molecule has 1 aromatic carbocycles. The summed E-state index contributed by atoms with van der Waals surface area (Å²) in [5, 5.41) is 0.703. The van der Waals surface area contributed by atoms with Crippen LogP contribution >= 0.6 is 11.8 Å². The Balaban J connectivity index is 2.05. The third kappa shape index (κ3) is 4.06. The van der Waals surface area contributed by atoms with E-state index in [4.69, 9.17) is 0 Å². The van der Waals surface area contributed by atoms with Gasteiger partial charge in [-0.3, -0.25) is 13.9 Å². The number of unbranched alkanes of at least 4 members (excludes halogenated alkanes) is 3. The molecule has 0 spiro atoms. The van der Waals surface area contributed by atoms with Crippen LogP contribution in [0.3, 0.4) is 0 Å². The molecule has 0 aliphatic rings. The Labute approximate surface area is 167 Å². The van der Waals surface area contributed by atoms with E-state index in [9.17, 15) is 14.0 Å². The van der Waals surface area contributed by atoms with Gasteiger partial charge < -0.3 is 4.57 Å². The highest BCUT2D eigenvalue weighted by Gasteiger charge is 2.19. The molecule has 0 aliphatic heterocycles. The maximum Gasteiger partial charge on any atom is 0.332 e. The van der Waals surface area contributed by atoms with Crippen molar-refractivity contribution < 1.29 is 4.39 Å². The molecule has 6 nitrogen and oxygen atoms in total. The Morgan fingerprint density at radius 2 is 1.75 bits per heavy atom. The van der Waals surface area contributed by atoms with E-state index in [0.29, 0.717) is 22.9 Å². The first-order valence-electron chi connectivity index (χ1n) is 9.47. The maximum absolute atomic E-state index is 13.3. The summed E-state index contributed by atoms with van der Waals surface area (Å²) in [6.07, 6.45) is 4.59. The van der Waals surface area contributed by atoms with Crippen LogP contribution in [0.2, 0.25) is 0 Å². The van der Waals surface area contributed by atoms with Gasteiger partial charge in [0.05, 0.1) is 6.54 Å². The van der Waals surface area contributed by atoms with Crippen molar-refractivity contribution in [1.82, 2.24) is 18.7 Å². The van der Waals surface area contributed by atoms with Crippen molar-refractivity contribution >= 4 is 22.9 Å². The quantitative estimate of drug-likeness (QED) is 0.427. The number of imidazole rings is 1. The molecular weight excluding hydrogens is 379 g/mol. The van der Waals surface area contributed by atoms with Gasteiger partial charge in [0.1, 0.15) is 5.82 Å². The summed E-state index contributed by atoms with van der Waals surface area (Å²) in [6.45, 7) is 2.56. The van der Waals surface area contributed by atoms with Crippen molar-refractivity contribution in [2.24, 2.45) is 14.1 Å². The molecule has 0 radical (unpaired) electrons. The van der Waals surface area contributed by atoms with E-state index in [2.05, 4.69) is 11.9 Å². The molecule has 0 saturated heterocycles. The molecule has 8 heteroatoms. The van der Waals surface area contributed by atoms with Crippen LogP contribution in [-0.4, -0.2) is 24.4 Å². The number of hydrogen-bond acceptors (Lipinski definition) is 4. The molecule has 0 atom stereocenters. The van der Waals surface area contributed by atoms with Gasteiger partial charge in [-0.15, -0.1) is 0 Å². The zero-order chi connectivity index (χ0) is 20.3. The lowest BCUT2D eigenvalue weighted by atomic mass is 10.2. The van der Waals surface area contributed by atoms with E-state index in [1.807, 2.05) is 4.57 Å². The SMILES string of the molecule is CCCCCCSc1nc2c(c(=O)n(C)c(=O)n2C)n1Cc1ccc(F)cc1. The van der Waals surface area contributed by atoms with Gasteiger partial charge >= 0.3 is 5.69 Å². The maximum atomic E-state index is 13.3. The first kappa shape index (κ1) is 20.4. The predicted octanol–water partition coefficient (Wildman–Crippen LogP) is 3.29. The fraction of sp³-hybridized carbons (Fsp3) is 0.450. The number of aryl methyl sites for hydroxylation is 1. The van der Waals surface area contributed by atoms with Gasteiger partial charge in [0.25, 0.3) is 5.56 Å². The number of nitrogens with zero attached hydrogens (tertiary/aromatic N) is 4. The van der Waals surface area contributed by atoms with Gasteiger partial charge in [-0.25, -0.2) is 14.2 Å². The summed E-state index contributed by atoms with van der Waals surface area (Å²) in [5.41, 5.74) is 0.870. The average molecular weight is 405 g/mol. The standard InChI is InChI=1S/C20H25FN4O2S/c1-4-5-6-7-12-28-19-22-17-16(18(26)24(3)20(27)23(17)2)25(19)13-14-8-10-15(21)11-9-14/h8-11H,4-7,12-13H2,1-3H3. The highest BCUT2D eigenvalue weighted by Crippen LogP contribution is 2.24. The van der Waals surface area contributed by atoms with Gasteiger partial charge in [-0.1, -0.05) is 50.1 Å². The Morgan fingerprint density at radius 1 is 1.04 bits per heavy atom. The Bertz CT molecular complexity index is 1080. The number of benzene rings is 1. The lowest BCUT2D eigenvalue weighted by molar-refractivity contribution is 0.625. The molecule has 0 saturated carbocycles. The summed E-state index contributed by atoms with van der Waals surface area (Å²) in [7, 11) is 3.09. The lowest BCUT2D eigenvalue weighted by Gasteiger charge is -2.10. The molecule has 28 heavy (non-hydrogen) atoms. The van der Waals surface area contributed by atoms with Crippen LogP contribution in [0.5, 0.6) is 0 Å². The van der Waals surface area contributed by atoms with Crippen molar-refractivity contribution in [1.29, 1.82) is 0 Å². The minimum atomic E-state index is -0.400. The van der Waals surface area contributed by atoms with Gasteiger partial charge in [0, 0.05) is 19.8 Å². The van der Waals surface area contributed by atoms with Crippen molar-refractivity contribution in [3.8, 4) is 0 Å². The molecule has 2 aromatic heterocycles. The molecule has 0 aliphatic carbocycles. The average Bonchev–Trinajstić information content (AvgIpc) is 3.04. The first-order valence-corrected chi connectivity index (χ1v) is 10.5. The Morgan fingerprint density at radius 3 is 2.43 bits per heavy atom. The largest absolute Gasteiger partial charge is 0.332 e. The van der Waals surface area contributed by atoms with Crippen molar-refractivity contribution in [2.75, 3.05) is 5.75 Å². The molecule has 0 fully saturated rings. The topological polar surface area (TPSA) is 61.8 Å². The normalized spacial score (nSPS) is 11.4. The zero-order valence-corrected chi connectivity index (χ0v) is 17.3. The first-order chi connectivity index (χ1) is 13.4. The van der Waals surface area contributed by atoms with E-state index in [0.717, 1.165) is 28.7 Å². The second-order valence-corrected chi connectivity index (χ2v) is 7.96. The highest BCUT2D eigenvalue weighted by atomic mass is 32.2. The van der Waals surface area contributed by atoms with Gasteiger partial charge in [-0.2, -0.15) is 0 Å². The molecule has 150 valence electrons. The third-order valence-corrected chi connectivity index (χ3v) is 5.86. The predicted molar refractivity (Wildman–Crippen MR) is 111 cm³/mol. The van der Waals surface area contributed by atoms with Crippen LogP contribution in [0.4, 0.5) is 4.39 Å². The van der Waals surface area contributed by atoms with Crippen LogP contribution in [0.1, 0.15) is 38.2 Å². The van der Waals surface area contributed by atoms with Gasteiger partial charge in [0.15, 0.2) is 16.3 Å². The van der Waals surface area contributed by atoms with Crippen LogP contribution < -0.4 is 11.2 Å². The molecule has 0 amide bonds. The Kier molecular flexibility index (Phi) is 6.39. The molecule has 0 unspecified atom stereocenters. The number of hydrogen-bond donors (Lipinski definition) is 0. The summed E-state index contributed by atoms with van der Waals surface area (Å²) in [6, 6.07) is 6.20. The van der Waals surface area contributed by atoms with E-state index >= 15 is 0 Å².